The molecule has 0 unspecified atom stereocenters. The Hall–Kier alpha value is -0.610. The Morgan fingerprint density at radius 3 is 2.78 bits per heavy atom. The van der Waals surface area contributed by atoms with Gasteiger partial charge in [0.1, 0.15) is 6.73 Å². The summed E-state index contributed by atoms with van der Waals surface area (Å²) >= 11 is 0. The van der Waals surface area contributed by atoms with Gasteiger partial charge in [0, 0.05) is 13.7 Å². The lowest BCUT2D eigenvalue weighted by Gasteiger charge is -2.11. The standard InChI is InChI=1S/C5H11NO3/c1-9-3-2-6(4-7)5-8/h4,8H,2-3,5H2,1H3. The summed E-state index contributed by atoms with van der Waals surface area (Å²) in [5, 5.41) is 8.39. The minimum atomic E-state index is -0.243. The van der Waals surface area contributed by atoms with E-state index < -0.39 is 0 Å². The van der Waals surface area contributed by atoms with E-state index in [2.05, 4.69) is 4.74 Å². The molecule has 1 amide bonds. The monoisotopic (exact) mass is 133 g/mol. The van der Waals surface area contributed by atoms with Crippen molar-refractivity contribution in [1.29, 1.82) is 0 Å². The maximum atomic E-state index is 9.95. The van der Waals surface area contributed by atoms with Gasteiger partial charge in [-0.2, -0.15) is 0 Å². The van der Waals surface area contributed by atoms with Crippen molar-refractivity contribution in [2.45, 2.75) is 0 Å². The van der Waals surface area contributed by atoms with Crippen LogP contribution in [0.25, 0.3) is 0 Å². The Morgan fingerprint density at radius 2 is 2.44 bits per heavy atom. The number of amides is 1. The molecule has 0 heterocycles. The van der Waals surface area contributed by atoms with Gasteiger partial charge >= 0.3 is 0 Å². The van der Waals surface area contributed by atoms with Crippen LogP contribution in [0.1, 0.15) is 0 Å². The van der Waals surface area contributed by atoms with Crippen molar-refractivity contribution in [3.05, 3.63) is 0 Å². The summed E-state index contributed by atoms with van der Waals surface area (Å²) in [6, 6.07) is 0. The molecule has 1 N–H and O–H groups in total. The van der Waals surface area contributed by atoms with Gasteiger partial charge in [0.05, 0.1) is 6.61 Å². The summed E-state index contributed by atoms with van der Waals surface area (Å²) < 4.78 is 4.66. The van der Waals surface area contributed by atoms with Crippen LogP contribution in [0.5, 0.6) is 0 Å². The fraction of sp³-hybridized carbons (Fsp3) is 0.800. The van der Waals surface area contributed by atoms with E-state index in [9.17, 15) is 4.79 Å². The van der Waals surface area contributed by atoms with E-state index in [0.717, 1.165) is 0 Å². The topological polar surface area (TPSA) is 49.8 Å². The van der Waals surface area contributed by atoms with Crippen molar-refractivity contribution in [1.82, 2.24) is 4.90 Å². The van der Waals surface area contributed by atoms with Gasteiger partial charge < -0.3 is 14.7 Å². The summed E-state index contributed by atoms with van der Waals surface area (Å²) in [7, 11) is 1.54. The van der Waals surface area contributed by atoms with E-state index >= 15 is 0 Å². The Balaban J connectivity index is 3.20. The molecule has 0 atom stereocenters. The fourth-order valence-corrected chi connectivity index (χ4v) is 0.365. The molecule has 0 aromatic heterocycles. The number of hydrogen-bond donors (Lipinski definition) is 1. The van der Waals surface area contributed by atoms with Gasteiger partial charge in [-0.1, -0.05) is 0 Å². The maximum absolute atomic E-state index is 9.95. The molecule has 0 saturated carbocycles. The fourth-order valence-electron chi connectivity index (χ4n) is 0.365. The normalized spacial score (nSPS) is 9.11. The van der Waals surface area contributed by atoms with Crippen molar-refractivity contribution in [2.24, 2.45) is 0 Å². The Labute approximate surface area is 54.0 Å². The van der Waals surface area contributed by atoms with Gasteiger partial charge in [-0.3, -0.25) is 4.79 Å². The number of aliphatic hydroxyl groups excluding tert-OH is 1. The zero-order chi connectivity index (χ0) is 7.11. The molecule has 0 aliphatic rings. The van der Waals surface area contributed by atoms with Crippen LogP contribution in [0.4, 0.5) is 0 Å². The molecular formula is C5H11NO3. The molecule has 0 fully saturated rings. The van der Waals surface area contributed by atoms with Crippen LogP contribution < -0.4 is 0 Å². The Kier molecular flexibility index (Phi) is 5.15. The van der Waals surface area contributed by atoms with E-state index in [-0.39, 0.29) is 6.73 Å². The molecule has 9 heavy (non-hydrogen) atoms. The average Bonchev–Trinajstić information content (AvgIpc) is 1.91. The van der Waals surface area contributed by atoms with E-state index in [1.807, 2.05) is 0 Å². The van der Waals surface area contributed by atoms with E-state index in [0.29, 0.717) is 19.6 Å². The van der Waals surface area contributed by atoms with Crippen LogP contribution in [-0.4, -0.2) is 43.4 Å². The quantitative estimate of drug-likeness (QED) is 0.388. The molecule has 0 aromatic carbocycles. The van der Waals surface area contributed by atoms with E-state index in [4.69, 9.17) is 5.11 Å². The van der Waals surface area contributed by atoms with Gasteiger partial charge in [0.25, 0.3) is 0 Å². The number of methoxy groups -OCH3 is 1. The summed E-state index contributed by atoms with van der Waals surface area (Å²) in [5.41, 5.74) is 0. The third-order valence-electron chi connectivity index (χ3n) is 0.913. The molecule has 0 aliphatic carbocycles. The van der Waals surface area contributed by atoms with Crippen molar-refractivity contribution in [3.63, 3.8) is 0 Å². The predicted molar refractivity (Wildman–Crippen MR) is 31.7 cm³/mol. The predicted octanol–water partition coefficient (Wildman–Crippen LogP) is -0.959. The molecule has 0 radical (unpaired) electrons. The molecule has 0 saturated heterocycles. The van der Waals surface area contributed by atoms with Gasteiger partial charge in [-0.25, -0.2) is 0 Å². The van der Waals surface area contributed by atoms with E-state index in [1.165, 1.54) is 4.90 Å². The number of rotatable bonds is 5. The first-order valence-electron chi connectivity index (χ1n) is 2.64. The summed E-state index contributed by atoms with van der Waals surface area (Å²) in [4.78, 5) is 11.2. The molecule has 0 aliphatic heterocycles. The number of hydrogen-bond acceptors (Lipinski definition) is 3. The van der Waals surface area contributed by atoms with Crippen molar-refractivity contribution in [2.75, 3.05) is 27.0 Å². The van der Waals surface area contributed by atoms with Gasteiger partial charge in [0.2, 0.25) is 6.41 Å². The third-order valence-corrected chi connectivity index (χ3v) is 0.913. The second kappa shape index (κ2) is 5.53. The molecule has 54 valence electrons. The molecule has 0 spiro atoms. The zero-order valence-corrected chi connectivity index (χ0v) is 5.41. The molecular weight excluding hydrogens is 122 g/mol. The highest BCUT2D eigenvalue weighted by Gasteiger charge is 1.95. The number of nitrogens with zero attached hydrogens (tertiary/aromatic N) is 1. The van der Waals surface area contributed by atoms with Crippen LogP contribution in [0.3, 0.4) is 0 Å². The first-order chi connectivity index (χ1) is 4.35. The highest BCUT2D eigenvalue weighted by atomic mass is 16.5. The smallest absolute Gasteiger partial charge is 0.211 e. The zero-order valence-electron chi connectivity index (χ0n) is 5.41. The first kappa shape index (κ1) is 8.39. The molecule has 4 nitrogen and oxygen atoms in total. The lowest BCUT2D eigenvalue weighted by atomic mass is 10.6. The Bertz CT molecular complexity index is 76.6. The minimum absolute atomic E-state index is 0.243. The summed E-state index contributed by atoms with van der Waals surface area (Å²) in [6.45, 7) is 0.655. The first-order valence-corrected chi connectivity index (χ1v) is 2.64. The molecule has 4 heteroatoms. The molecule has 0 aromatic rings. The van der Waals surface area contributed by atoms with Crippen LogP contribution >= 0.6 is 0 Å². The summed E-state index contributed by atoms with van der Waals surface area (Å²) in [5.74, 6) is 0. The summed E-state index contributed by atoms with van der Waals surface area (Å²) in [6.07, 6.45) is 0.582. The lowest BCUT2D eigenvalue weighted by molar-refractivity contribution is -0.122. The minimum Gasteiger partial charge on any atom is -0.383 e. The second-order valence-electron chi connectivity index (χ2n) is 1.55. The maximum Gasteiger partial charge on any atom is 0.211 e. The largest absolute Gasteiger partial charge is 0.383 e. The van der Waals surface area contributed by atoms with Crippen molar-refractivity contribution in [3.8, 4) is 0 Å². The van der Waals surface area contributed by atoms with Crippen LogP contribution in [-0.2, 0) is 9.53 Å². The highest BCUT2D eigenvalue weighted by molar-refractivity contribution is 5.46. The molecule has 0 bridgehead atoms. The number of carbonyl (C=O) groups excluding carboxylic acids is 1. The van der Waals surface area contributed by atoms with Crippen LogP contribution in [0.2, 0.25) is 0 Å². The highest BCUT2D eigenvalue weighted by Crippen LogP contribution is 1.78. The number of carbonyl (C=O) groups is 1. The van der Waals surface area contributed by atoms with Gasteiger partial charge in [-0.05, 0) is 0 Å². The van der Waals surface area contributed by atoms with Gasteiger partial charge in [0.15, 0.2) is 0 Å². The van der Waals surface area contributed by atoms with E-state index in [1.54, 1.807) is 7.11 Å². The number of aliphatic hydroxyl groups is 1. The van der Waals surface area contributed by atoms with Crippen molar-refractivity contribution < 1.29 is 14.6 Å². The van der Waals surface area contributed by atoms with Gasteiger partial charge in [-0.15, -0.1) is 0 Å². The second-order valence-corrected chi connectivity index (χ2v) is 1.55. The van der Waals surface area contributed by atoms with Crippen LogP contribution in [0.15, 0.2) is 0 Å². The molecule has 0 rings (SSSR count). The SMILES string of the molecule is COCCN(C=O)CO. The van der Waals surface area contributed by atoms with Crippen LogP contribution in [0, 0.1) is 0 Å². The third kappa shape index (κ3) is 3.93. The average molecular weight is 133 g/mol. The number of ether oxygens (including phenoxy) is 1. The lowest BCUT2D eigenvalue weighted by Crippen LogP contribution is -2.26. The Morgan fingerprint density at radius 1 is 1.78 bits per heavy atom. The van der Waals surface area contributed by atoms with Crippen molar-refractivity contribution >= 4 is 6.41 Å².